The van der Waals surface area contributed by atoms with Crippen molar-refractivity contribution in [2.45, 2.75) is 11.3 Å². The van der Waals surface area contributed by atoms with Gasteiger partial charge in [-0.05, 0) is 23.8 Å². The molecule has 0 saturated heterocycles. The molecule has 4 nitrogen and oxygen atoms in total. The number of thioether (sulfide) groups is 1. The molecule has 0 spiro atoms. The fourth-order valence-corrected chi connectivity index (χ4v) is 2.76. The van der Waals surface area contributed by atoms with Crippen LogP contribution in [0.15, 0.2) is 52.3 Å². The average Bonchev–Trinajstić information content (AvgIpc) is 2.41. The van der Waals surface area contributed by atoms with Crippen LogP contribution in [0.25, 0.3) is 5.53 Å². The zero-order valence-electron chi connectivity index (χ0n) is 9.85. The van der Waals surface area contributed by atoms with E-state index in [1.54, 1.807) is 30.0 Å². The number of benzene rings is 1. The van der Waals surface area contributed by atoms with Crippen LogP contribution in [0.3, 0.4) is 0 Å². The first kappa shape index (κ1) is 13.5. The van der Waals surface area contributed by atoms with E-state index in [4.69, 9.17) is 5.53 Å². The summed E-state index contributed by atoms with van der Waals surface area (Å²) in [4.78, 5) is 5.23. The van der Waals surface area contributed by atoms with Crippen molar-refractivity contribution in [3.63, 3.8) is 0 Å². The molecule has 2 rings (SSSR count). The highest BCUT2D eigenvalue weighted by Gasteiger charge is 2.08. The number of nitrogens with zero attached hydrogens (tertiary/aromatic N) is 2. The molecule has 1 aliphatic carbocycles. The van der Waals surface area contributed by atoms with Gasteiger partial charge in [0.25, 0.3) is 5.71 Å². The van der Waals surface area contributed by atoms with Crippen LogP contribution in [0.1, 0.15) is 12.0 Å². The van der Waals surface area contributed by atoms with Crippen molar-refractivity contribution in [2.24, 2.45) is 0 Å². The molecule has 0 bridgehead atoms. The molecule has 1 aliphatic rings. The van der Waals surface area contributed by atoms with Gasteiger partial charge >= 0.3 is 0 Å². The lowest BCUT2D eigenvalue weighted by atomic mass is 10.2. The van der Waals surface area contributed by atoms with E-state index < -0.39 is 10.3 Å². The largest absolute Gasteiger partial charge is 0.361 e. The number of rotatable bonds is 3. The predicted octanol–water partition coefficient (Wildman–Crippen LogP) is 2.32. The van der Waals surface area contributed by atoms with Crippen LogP contribution < -0.4 is 0 Å². The highest BCUT2D eigenvalue weighted by Crippen LogP contribution is 2.29. The lowest BCUT2D eigenvalue weighted by Crippen LogP contribution is -1.97. The van der Waals surface area contributed by atoms with Crippen molar-refractivity contribution in [1.82, 2.24) is 0 Å². The van der Waals surface area contributed by atoms with Gasteiger partial charge in [-0.2, -0.15) is 13.2 Å². The van der Waals surface area contributed by atoms with Crippen LogP contribution in [0.4, 0.5) is 0 Å². The summed E-state index contributed by atoms with van der Waals surface area (Å²) in [5.41, 5.74) is 9.90. The molecule has 0 unspecified atom stereocenters. The van der Waals surface area contributed by atoms with Gasteiger partial charge in [-0.25, -0.2) is 0 Å². The minimum absolute atomic E-state index is 0.607. The lowest BCUT2D eigenvalue weighted by molar-refractivity contribution is -0.00538. The van der Waals surface area contributed by atoms with Crippen LogP contribution in [0, 0.1) is 0 Å². The zero-order chi connectivity index (χ0) is 13.7. The maximum Gasteiger partial charge on any atom is 0.295 e. The monoisotopic (exact) mass is 290 g/mol. The predicted molar refractivity (Wildman–Crippen MR) is 76.9 cm³/mol. The van der Waals surface area contributed by atoms with E-state index in [0.717, 1.165) is 15.2 Å². The highest BCUT2D eigenvalue weighted by molar-refractivity contribution is 8.03. The summed E-state index contributed by atoms with van der Waals surface area (Å²) in [5, 5.41) is 1.16. The molecule has 0 atom stereocenters. The van der Waals surface area contributed by atoms with E-state index in [9.17, 15) is 8.42 Å². The van der Waals surface area contributed by atoms with Crippen molar-refractivity contribution >= 4 is 33.1 Å². The van der Waals surface area contributed by atoms with Crippen LogP contribution in [-0.2, 0) is 10.3 Å². The fraction of sp³-hybridized carbons (Fsp3) is 0.0769. The molecule has 0 radical (unpaired) electrons. The SMILES string of the molecule is [N-]=[N+]=C1C=CC(Sc2ccc(C=S(=O)=O)cc2)=CC1. The molecular formula is C13H10N2O2S2. The maximum absolute atomic E-state index is 10.5. The summed E-state index contributed by atoms with van der Waals surface area (Å²) in [6.07, 6.45) is 6.24. The summed E-state index contributed by atoms with van der Waals surface area (Å²) < 4.78 is 21.0. The molecule has 0 N–H and O–H groups in total. The molecule has 0 fully saturated rings. The standard InChI is InChI=1S/C13H10N2O2S2/c14-15-11-3-7-13(8-4-11)18-12-5-1-10(2-6-12)9-19(16)17/h1-3,5-9H,4H2. The van der Waals surface area contributed by atoms with Crippen molar-refractivity contribution in [3.8, 4) is 0 Å². The topological polar surface area (TPSA) is 70.5 Å². The van der Waals surface area contributed by atoms with Crippen LogP contribution >= 0.6 is 11.8 Å². The Kier molecular flexibility index (Phi) is 4.52. The van der Waals surface area contributed by atoms with Gasteiger partial charge in [0.1, 0.15) is 0 Å². The third kappa shape index (κ3) is 4.06. The van der Waals surface area contributed by atoms with Gasteiger partial charge < -0.3 is 5.53 Å². The Morgan fingerprint density at radius 3 is 2.47 bits per heavy atom. The Hall–Kier alpha value is -1.88. The van der Waals surface area contributed by atoms with Gasteiger partial charge in [0.15, 0.2) is 0 Å². The molecule has 96 valence electrons. The molecule has 0 aromatic heterocycles. The highest BCUT2D eigenvalue weighted by atomic mass is 32.2. The first-order valence-electron chi connectivity index (χ1n) is 5.47. The number of hydrogen-bond donors (Lipinski definition) is 0. The van der Waals surface area contributed by atoms with Crippen molar-refractivity contribution in [2.75, 3.05) is 0 Å². The van der Waals surface area contributed by atoms with Gasteiger partial charge in [0, 0.05) is 15.9 Å². The van der Waals surface area contributed by atoms with Crippen LogP contribution in [0.2, 0.25) is 0 Å². The summed E-state index contributed by atoms with van der Waals surface area (Å²) in [6, 6.07) is 7.25. The Bertz CT molecular complexity index is 714. The Morgan fingerprint density at radius 1 is 1.21 bits per heavy atom. The minimum Gasteiger partial charge on any atom is -0.361 e. The Labute approximate surface area is 116 Å². The first-order chi connectivity index (χ1) is 9.17. The number of hydrogen-bond acceptors (Lipinski definition) is 3. The second-order valence-electron chi connectivity index (χ2n) is 3.78. The second kappa shape index (κ2) is 6.33. The first-order valence-corrected chi connectivity index (χ1v) is 7.43. The quantitative estimate of drug-likeness (QED) is 0.487. The molecule has 0 amide bonds. The maximum atomic E-state index is 10.5. The number of allylic oxidation sites excluding steroid dienone is 3. The van der Waals surface area contributed by atoms with Crippen molar-refractivity contribution < 1.29 is 13.2 Å². The molecule has 6 heteroatoms. The van der Waals surface area contributed by atoms with Crippen LogP contribution in [0.5, 0.6) is 0 Å². The molecule has 1 aromatic rings. The van der Waals surface area contributed by atoms with E-state index in [0.29, 0.717) is 17.7 Å². The van der Waals surface area contributed by atoms with E-state index in [1.165, 1.54) is 0 Å². The zero-order valence-corrected chi connectivity index (χ0v) is 11.5. The minimum atomic E-state index is -2.18. The summed E-state index contributed by atoms with van der Waals surface area (Å²) >= 11 is 1.57. The van der Waals surface area contributed by atoms with E-state index >= 15 is 0 Å². The third-order valence-corrected chi connectivity index (χ3v) is 3.94. The van der Waals surface area contributed by atoms with Gasteiger partial charge in [-0.15, -0.1) is 0 Å². The lowest BCUT2D eigenvalue weighted by Gasteiger charge is -2.04. The fourth-order valence-electron chi connectivity index (χ4n) is 1.53. The van der Waals surface area contributed by atoms with E-state index in [-0.39, 0.29) is 0 Å². The van der Waals surface area contributed by atoms with Gasteiger partial charge in [0.2, 0.25) is 10.3 Å². The van der Waals surface area contributed by atoms with Crippen molar-refractivity contribution in [1.29, 1.82) is 0 Å². The molecular weight excluding hydrogens is 280 g/mol. The van der Waals surface area contributed by atoms with Gasteiger partial charge in [-0.3, -0.25) is 0 Å². The summed E-state index contributed by atoms with van der Waals surface area (Å²) in [6.45, 7) is 0. The molecule has 0 heterocycles. The normalized spacial score (nSPS) is 13.7. The Morgan fingerprint density at radius 2 is 1.95 bits per heavy atom. The molecule has 1 aromatic carbocycles. The molecule has 19 heavy (non-hydrogen) atoms. The van der Waals surface area contributed by atoms with Gasteiger partial charge in [0.05, 0.1) is 11.8 Å². The summed E-state index contributed by atoms with van der Waals surface area (Å²) in [7, 11) is -2.18. The average molecular weight is 290 g/mol. The molecule has 0 aliphatic heterocycles. The van der Waals surface area contributed by atoms with Crippen molar-refractivity contribution in [3.05, 3.63) is 58.5 Å². The molecule has 0 saturated carbocycles. The van der Waals surface area contributed by atoms with E-state index in [1.807, 2.05) is 24.3 Å². The smallest absolute Gasteiger partial charge is 0.295 e. The van der Waals surface area contributed by atoms with Crippen LogP contribution in [-0.4, -0.2) is 24.3 Å². The third-order valence-electron chi connectivity index (χ3n) is 2.43. The van der Waals surface area contributed by atoms with Gasteiger partial charge in [-0.1, -0.05) is 30.0 Å². The second-order valence-corrected chi connectivity index (χ2v) is 5.69. The van der Waals surface area contributed by atoms with E-state index in [2.05, 4.69) is 4.79 Å². The summed E-state index contributed by atoms with van der Waals surface area (Å²) in [5.74, 6) is 0. The Balaban J connectivity index is 2.09.